The molecule has 0 radical (unpaired) electrons. The first-order valence-electron chi connectivity index (χ1n) is 9.57. The predicted molar refractivity (Wildman–Crippen MR) is 113 cm³/mol. The summed E-state index contributed by atoms with van der Waals surface area (Å²) < 4.78 is 5.74. The number of nitrogens with zero attached hydrogens (tertiary/aromatic N) is 3. The van der Waals surface area contributed by atoms with E-state index in [1.165, 1.54) is 11.9 Å². The molecule has 0 aliphatic carbocycles. The maximum atomic E-state index is 11.7. The summed E-state index contributed by atoms with van der Waals surface area (Å²) in [7, 11) is 0. The predicted octanol–water partition coefficient (Wildman–Crippen LogP) is 5.88. The first-order chi connectivity index (χ1) is 14.0. The first-order valence-corrected chi connectivity index (χ1v) is 9.57. The average molecular weight is 392 g/mol. The van der Waals surface area contributed by atoms with Crippen LogP contribution in [0.3, 0.4) is 0 Å². The fraction of sp³-hybridized carbons (Fsp3) is 0.273. The van der Waals surface area contributed by atoms with E-state index in [2.05, 4.69) is 22.2 Å². The van der Waals surface area contributed by atoms with Gasteiger partial charge in [-0.05, 0) is 67.6 Å². The molecule has 0 amide bonds. The second-order valence-electron chi connectivity index (χ2n) is 6.98. The molecule has 1 aromatic heterocycles. The molecule has 7 nitrogen and oxygen atoms in total. The van der Waals surface area contributed by atoms with Crippen molar-refractivity contribution < 1.29 is 9.66 Å². The minimum atomic E-state index is -0.532. The van der Waals surface area contributed by atoms with E-state index >= 15 is 0 Å². The summed E-state index contributed by atoms with van der Waals surface area (Å²) in [6.07, 6.45) is 4.53. The van der Waals surface area contributed by atoms with Gasteiger partial charge in [0.2, 0.25) is 5.82 Å². The van der Waals surface area contributed by atoms with Crippen LogP contribution in [-0.2, 0) is 6.42 Å². The lowest BCUT2D eigenvalue weighted by Crippen LogP contribution is -2.03. The smallest absolute Gasteiger partial charge is 0.373 e. The van der Waals surface area contributed by atoms with E-state index in [1.807, 2.05) is 44.2 Å². The van der Waals surface area contributed by atoms with Crippen LogP contribution in [0.15, 0.2) is 48.8 Å². The highest BCUT2D eigenvalue weighted by molar-refractivity contribution is 5.68. The standard InChI is InChI=1S/C22H24N4O3/c1-4-5-6-17-7-9-18(10-8-17)25-21-20(26(27)28)22(24-14-23-21)29-19-12-15(2)11-16(3)13-19/h7-14H,4-6H2,1-3H3,(H,23,24,25). The molecule has 1 heterocycles. The number of hydrogen-bond acceptors (Lipinski definition) is 6. The van der Waals surface area contributed by atoms with Crippen molar-refractivity contribution in [1.82, 2.24) is 9.97 Å². The number of unbranched alkanes of at least 4 members (excludes halogenated alkanes) is 1. The maximum Gasteiger partial charge on any atom is 0.373 e. The van der Waals surface area contributed by atoms with E-state index < -0.39 is 4.92 Å². The van der Waals surface area contributed by atoms with Crippen molar-refractivity contribution in [2.45, 2.75) is 40.0 Å². The molecule has 3 rings (SSSR count). The molecule has 0 fully saturated rings. The zero-order valence-corrected chi connectivity index (χ0v) is 16.8. The molecular formula is C22H24N4O3. The Hall–Kier alpha value is -3.48. The molecule has 3 aromatic rings. The molecule has 150 valence electrons. The molecule has 0 spiro atoms. The molecular weight excluding hydrogens is 368 g/mol. The minimum Gasteiger partial charge on any atom is -0.434 e. The molecule has 0 unspecified atom stereocenters. The molecule has 0 bridgehead atoms. The number of rotatable bonds is 8. The molecule has 0 saturated heterocycles. The maximum absolute atomic E-state index is 11.7. The van der Waals surface area contributed by atoms with Crippen LogP contribution < -0.4 is 10.1 Å². The third-order valence-electron chi connectivity index (χ3n) is 4.42. The van der Waals surface area contributed by atoms with Gasteiger partial charge in [-0.25, -0.2) is 4.98 Å². The molecule has 0 saturated carbocycles. The van der Waals surface area contributed by atoms with Gasteiger partial charge in [0.05, 0.1) is 4.92 Å². The molecule has 0 atom stereocenters. The summed E-state index contributed by atoms with van der Waals surface area (Å²) in [4.78, 5) is 19.3. The van der Waals surface area contributed by atoms with Gasteiger partial charge in [-0.15, -0.1) is 0 Å². The van der Waals surface area contributed by atoms with Gasteiger partial charge in [0.15, 0.2) is 0 Å². The molecule has 0 aliphatic rings. The highest BCUT2D eigenvalue weighted by Gasteiger charge is 2.25. The molecule has 2 aromatic carbocycles. The van der Waals surface area contributed by atoms with Gasteiger partial charge in [-0.1, -0.05) is 31.5 Å². The zero-order valence-electron chi connectivity index (χ0n) is 16.8. The van der Waals surface area contributed by atoms with Crippen LogP contribution in [0, 0.1) is 24.0 Å². The number of ether oxygens (including phenoxy) is 1. The van der Waals surface area contributed by atoms with Crippen molar-refractivity contribution in [3.05, 3.63) is 75.6 Å². The van der Waals surface area contributed by atoms with Crippen LogP contribution >= 0.6 is 0 Å². The highest BCUT2D eigenvalue weighted by atomic mass is 16.6. The van der Waals surface area contributed by atoms with Crippen molar-refractivity contribution in [2.75, 3.05) is 5.32 Å². The summed E-state index contributed by atoms with van der Waals surface area (Å²) in [5.74, 6) is 0.485. The van der Waals surface area contributed by atoms with Crippen LogP contribution in [0.25, 0.3) is 0 Å². The van der Waals surface area contributed by atoms with Gasteiger partial charge in [-0.3, -0.25) is 10.1 Å². The number of hydrogen-bond donors (Lipinski definition) is 1. The van der Waals surface area contributed by atoms with E-state index in [0.717, 1.165) is 30.4 Å². The van der Waals surface area contributed by atoms with Crippen molar-refractivity contribution >= 4 is 17.2 Å². The fourth-order valence-electron chi connectivity index (χ4n) is 3.07. The summed E-state index contributed by atoms with van der Waals surface area (Å²) in [5.41, 5.74) is 3.64. The zero-order chi connectivity index (χ0) is 20.8. The number of aromatic nitrogens is 2. The lowest BCUT2D eigenvalue weighted by molar-refractivity contribution is -0.385. The Bertz CT molecular complexity index is 983. The third kappa shape index (κ3) is 5.28. The Labute approximate surface area is 169 Å². The van der Waals surface area contributed by atoms with Crippen molar-refractivity contribution in [2.24, 2.45) is 0 Å². The van der Waals surface area contributed by atoms with E-state index in [9.17, 15) is 10.1 Å². The van der Waals surface area contributed by atoms with E-state index in [0.29, 0.717) is 11.4 Å². The van der Waals surface area contributed by atoms with Gasteiger partial charge in [0.1, 0.15) is 12.1 Å². The molecule has 29 heavy (non-hydrogen) atoms. The Morgan fingerprint density at radius 2 is 1.76 bits per heavy atom. The fourth-order valence-corrected chi connectivity index (χ4v) is 3.07. The third-order valence-corrected chi connectivity index (χ3v) is 4.42. The first kappa shape index (κ1) is 20.3. The number of benzene rings is 2. The van der Waals surface area contributed by atoms with Gasteiger partial charge in [0.25, 0.3) is 0 Å². The molecule has 7 heteroatoms. The van der Waals surface area contributed by atoms with Crippen molar-refractivity contribution in [3.8, 4) is 11.6 Å². The Kier molecular flexibility index (Phi) is 6.39. The Balaban J connectivity index is 1.87. The lowest BCUT2D eigenvalue weighted by atomic mass is 10.1. The van der Waals surface area contributed by atoms with E-state index in [1.54, 1.807) is 12.1 Å². The minimum absolute atomic E-state index is 0.0886. The molecule has 1 N–H and O–H groups in total. The number of nitrogens with one attached hydrogen (secondary N) is 1. The summed E-state index contributed by atoms with van der Waals surface area (Å²) in [6.45, 7) is 6.03. The number of anilines is 2. The van der Waals surface area contributed by atoms with Gasteiger partial charge in [-0.2, -0.15) is 4.98 Å². The number of nitro groups is 1. The lowest BCUT2D eigenvalue weighted by Gasteiger charge is -2.11. The second-order valence-corrected chi connectivity index (χ2v) is 6.98. The van der Waals surface area contributed by atoms with E-state index in [-0.39, 0.29) is 17.4 Å². The van der Waals surface area contributed by atoms with Crippen molar-refractivity contribution in [1.29, 1.82) is 0 Å². The van der Waals surface area contributed by atoms with Crippen LogP contribution in [0.1, 0.15) is 36.5 Å². The molecule has 0 aliphatic heterocycles. The monoisotopic (exact) mass is 392 g/mol. The van der Waals surface area contributed by atoms with Crippen LogP contribution in [0.2, 0.25) is 0 Å². The van der Waals surface area contributed by atoms with Gasteiger partial charge < -0.3 is 10.1 Å². The summed E-state index contributed by atoms with van der Waals surface area (Å²) in [5, 5.41) is 14.7. The topological polar surface area (TPSA) is 90.2 Å². The highest BCUT2D eigenvalue weighted by Crippen LogP contribution is 2.35. The normalized spacial score (nSPS) is 10.6. The largest absolute Gasteiger partial charge is 0.434 e. The Morgan fingerprint density at radius 1 is 1.07 bits per heavy atom. The number of aryl methyl sites for hydroxylation is 3. The Morgan fingerprint density at radius 3 is 2.38 bits per heavy atom. The summed E-state index contributed by atoms with van der Waals surface area (Å²) in [6, 6.07) is 13.4. The van der Waals surface area contributed by atoms with Gasteiger partial charge >= 0.3 is 11.6 Å². The van der Waals surface area contributed by atoms with Crippen LogP contribution in [-0.4, -0.2) is 14.9 Å². The quantitative estimate of drug-likeness (QED) is 0.380. The SMILES string of the molecule is CCCCc1ccc(Nc2ncnc(Oc3cc(C)cc(C)c3)c2[N+](=O)[O-])cc1. The summed E-state index contributed by atoms with van der Waals surface area (Å²) >= 11 is 0. The van der Waals surface area contributed by atoms with E-state index in [4.69, 9.17) is 4.74 Å². The van der Waals surface area contributed by atoms with Crippen molar-refractivity contribution in [3.63, 3.8) is 0 Å². The average Bonchev–Trinajstić information content (AvgIpc) is 2.66. The van der Waals surface area contributed by atoms with Crippen LogP contribution in [0.5, 0.6) is 11.6 Å². The van der Waals surface area contributed by atoms with Crippen LogP contribution in [0.4, 0.5) is 17.2 Å². The van der Waals surface area contributed by atoms with Gasteiger partial charge in [0, 0.05) is 5.69 Å². The second kappa shape index (κ2) is 9.14.